The van der Waals surface area contributed by atoms with Gasteiger partial charge < -0.3 is 10.2 Å². The number of nitrogens with zero attached hydrogens (tertiary/aromatic N) is 3. The summed E-state index contributed by atoms with van der Waals surface area (Å²) in [7, 11) is 0. The molecule has 3 rings (SSSR count). The maximum Gasteiger partial charge on any atom is 0.301 e. The Labute approximate surface area is 126 Å². The lowest BCUT2D eigenvalue weighted by molar-refractivity contribution is 0.0420. The van der Waals surface area contributed by atoms with Crippen LogP contribution in [0.15, 0.2) is 36.7 Å². The summed E-state index contributed by atoms with van der Waals surface area (Å²) in [6.45, 7) is 3.12. The van der Waals surface area contributed by atoms with Crippen molar-refractivity contribution in [2.45, 2.75) is 5.92 Å². The van der Waals surface area contributed by atoms with Crippen LogP contribution in [-0.4, -0.2) is 36.1 Å². The largest absolute Gasteiger partial charge is 0.338 e. The highest BCUT2D eigenvalue weighted by molar-refractivity contribution is 5.35. The molecular formula is C15H15F3N4. The fourth-order valence-electron chi connectivity index (χ4n) is 2.34. The quantitative estimate of drug-likeness (QED) is 0.943. The molecule has 1 fully saturated rings. The minimum absolute atomic E-state index is 0.285. The second-order valence-corrected chi connectivity index (χ2v) is 5.09. The van der Waals surface area contributed by atoms with E-state index < -0.39 is 11.7 Å². The van der Waals surface area contributed by atoms with Gasteiger partial charge in [-0.05, 0) is 24.3 Å². The molecule has 116 valence electrons. The van der Waals surface area contributed by atoms with E-state index in [1.807, 2.05) is 4.90 Å². The van der Waals surface area contributed by atoms with Gasteiger partial charge in [0.1, 0.15) is 5.82 Å². The van der Waals surface area contributed by atoms with Crippen LogP contribution in [0.4, 0.5) is 19.1 Å². The Hall–Kier alpha value is -2.15. The number of anilines is 1. The fourth-order valence-corrected chi connectivity index (χ4v) is 2.34. The van der Waals surface area contributed by atoms with Crippen molar-refractivity contribution in [3.8, 4) is 0 Å². The van der Waals surface area contributed by atoms with E-state index in [2.05, 4.69) is 15.3 Å². The highest BCUT2D eigenvalue weighted by atomic mass is 19.3. The van der Waals surface area contributed by atoms with Gasteiger partial charge in [-0.1, -0.05) is 0 Å². The fraction of sp³-hybridized carbons (Fsp3) is 0.333. The van der Waals surface area contributed by atoms with Gasteiger partial charge in [-0.3, -0.25) is 0 Å². The average Bonchev–Trinajstić information content (AvgIpc) is 2.56. The zero-order valence-corrected chi connectivity index (χ0v) is 11.8. The van der Waals surface area contributed by atoms with Crippen LogP contribution in [0.25, 0.3) is 0 Å². The van der Waals surface area contributed by atoms with Crippen LogP contribution in [0.3, 0.4) is 0 Å². The summed E-state index contributed by atoms with van der Waals surface area (Å²) in [5, 5.41) is 3.20. The summed E-state index contributed by atoms with van der Waals surface area (Å²) in [5.74, 6) is -3.36. The average molecular weight is 308 g/mol. The molecule has 0 bridgehead atoms. The van der Waals surface area contributed by atoms with Crippen LogP contribution in [0, 0.1) is 5.82 Å². The molecule has 1 saturated heterocycles. The van der Waals surface area contributed by atoms with Gasteiger partial charge >= 0.3 is 5.92 Å². The molecular weight excluding hydrogens is 293 g/mol. The van der Waals surface area contributed by atoms with Gasteiger partial charge in [0.15, 0.2) is 0 Å². The van der Waals surface area contributed by atoms with E-state index in [0.29, 0.717) is 5.95 Å². The molecule has 1 aromatic carbocycles. The Morgan fingerprint density at radius 1 is 0.955 bits per heavy atom. The molecule has 2 aromatic rings. The second-order valence-electron chi connectivity index (χ2n) is 5.09. The molecule has 2 heterocycles. The van der Waals surface area contributed by atoms with Gasteiger partial charge in [0.05, 0.1) is 5.56 Å². The van der Waals surface area contributed by atoms with E-state index in [1.165, 1.54) is 0 Å². The number of rotatable bonds is 3. The lowest BCUT2D eigenvalue weighted by Gasteiger charge is -2.27. The van der Waals surface area contributed by atoms with Crippen molar-refractivity contribution in [2.75, 3.05) is 31.1 Å². The van der Waals surface area contributed by atoms with Crippen LogP contribution in [0.1, 0.15) is 11.1 Å². The lowest BCUT2D eigenvalue weighted by atomic mass is 10.0. The van der Waals surface area contributed by atoms with Crippen molar-refractivity contribution in [1.29, 1.82) is 0 Å². The minimum Gasteiger partial charge on any atom is -0.338 e. The van der Waals surface area contributed by atoms with Crippen molar-refractivity contribution in [1.82, 2.24) is 15.3 Å². The van der Waals surface area contributed by atoms with E-state index in [4.69, 9.17) is 0 Å². The molecule has 0 saturated carbocycles. The van der Waals surface area contributed by atoms with Crippen LogP contribution in [0.2, 0.25) is 0 Å². The molecule has 0 aliphatic carbocycles. The zero-order valence-electron chi connectivity index (χ0n) is 11.8. The Morgan fingerprint density at radius 2 is 1.55 bits per heavy atom. The number of nitrogens with one attached hydrogen (secondary N) is 1. The molecule has 0 atom stereocenters. The molecule has 1 N–H and O–H groups in total. The van der Waals surface area contributed by atoms with Crippen LogP contribution in [0.5, 0.6) is 0 Å². The first-order valence-electron chi connectivity index (χ1n) is 6.99. The Kier molecular flexibility index (Phi) is 3.98. The molecule has 1 aliphatic heterocycles. The smallest absolute Gasteiger partial charge is 0.301 e. The van der Waals surface area contributed by atoms with Gasteiger partial charge in [-0.15, -0.1) is 0 Å². The summed E-state index contributed by atoms with van der Waals surface area (Å²) in [4.78, 5) is 10.0. The third-order valence-corrected chi connectivity index (χ3v) is 3.61. The number of aromatic nitrogens is 2. The van der Waals surface area contributed by atoms with Crippen molar-refractivity contribution in [2.24, 2.45) is 0 Å². The molecule has 0 unspecified atom stereocenters. The van der Waals surface area contributed by atoms with Crippen molar-refractivity contribution in [3.63, 3.8) is 0 Å². The number of hydrogen-bond acceptors (Lipinski definition) is 4. The van der Waals surface area contributed by atoms with Crippen LogP contribution >= 0.6 is 0 Å². The summed E-state index contributed by atoms with van der Waals surface area (Å²) in [5.41, 5.74) is -0.592. The highest BCUT2D eigenvalue weighted by Gasteiger charge is 2.35. The molecule has 1 aliphatic rings. The lowest BCUT2D eigenvalue weighted by Crippen LogP contribution is -2.44. The predicted octanol–water partition coefficient (Wildman–Crippen LogP) is 2.17. The van der Waals surface area contributed by atoms with Gasteiger partial charge in [-0.25, -0.2) is 14.4 Å². The number of piperazine rings is 1. The van der Waals surface area contributed by atoms with Gasteiger partial charge in [-0.2, -0.15) is 8.78 Å². The van der Waals surface area contributed by atoms with E-state index in [1.54, 1.807) is 0 Å². The van der Waals surface area contributed by atoms with Crippen molar-refractivity contribution >= 4 is 5.95 Å². The third-order valence-electron chi connectivity index (χ3n) is 3.61. The minimum atomic E-state index is -3.25. The maximum absolute atomic E-state index is 14.4. The van der Waals surface area contributed by atoms with E-state index in [9.17, 15) is 13.2 Å². The number of halogens is 3. The first-order chi connectivity index (χ1) is 10.6. The van der Waals surface area contributed by atoms with Crippen LogP contribution in [-0.2, 0) is 5.92 Å². The molecule has 4 nitrogen and oxygen atoms in total. The van der Waals surface area contributed by atoms with Gasteiger partial charge in [0, 0.05) is 44.1 Å². The van der Waals surface area contributed by atoms with Crippen LogP contribution < -0.4 is 10.2 Å². The first-order valence-corrected chi connectivity index (χ1v) is 6.99. The Morgan fingerprint density at radius 3 is 2.14 bits per heavy atom. The summed E-state index contributed by atoms with van der Waals surface area (Å²) in [6, 6.07) is 4.16. The van der Waals surface area contributed by atoms with E-state index >= 15 is 0 Å². The molecule has 0 spiro atoms. The molecule has 0 amide bonds. The number of hydrogen-bond donors (Lipinski definition) is 1. The standard InChI is InChI=1S/C15H15F3N4/c16-13-3-1-11(2-4-13)15(17,18)12-9-20-14(21-10-12)22-7-5-19-6-8-22/h1-4,9-10,19H,5-8H2. The third kappa shape index (κ3) is 2.89. The normalized spacial score (nSPS) is 15.9. The Bertz CT molecular complexity index is 622. The highest BCUT2D eigenvalue weighted by Crippen LogP contribution is 2.35. The number of benzene rings is 1. The molecule has 0 radical (unpaired) electrons. The van der Waals surface area contributed by atoms with E-state index in [-0.39, 0.29) is 11.1 Å². The topological polar surface area (TPSA) is 41.1 Å². The maximum atomic E-state index is 14.4. The summed E-state index contributed by atoms with van der Waals surface area (Å²) < 4.78 is 41.6. The molecule has 7 heteroatoms. The predicted molar refractivity (Wildman–Crippen MR) is 76.5 cm³/mol. The SMILES string of the molecule is Fc1ccc(C(F)(F)c2cnc(N3CCNCC3)nc2)cc1. The first kappa shape index (κ1) is 14.8. The monoisotopic (exact) mass is 308 g/mol. The summed E-state index contributed by atoms with van der Waals surface area (Å²) >= 11 is 0. The summed E-state index contributed by atoms with van der Waals surface area (Å²) in [6.07, 6.45) is 2.27. The number of alkyl halides is 2. The van der Waals surface area contributed by atoms with Crippen molar-refractivity contribution in [3.05, 3.63) is 53.6 Å². The molecule has 1 aromatic heterocycles. The zero-order chi connectivity index (χ0) is 15.6. The van der Waals surface area contributed by atoms with Gasteiger partial charge in [0.25, 0.3) is 0 Å². The van der Waals surface area contributed by atoms with Crippen molar-refractivity contribution < 1.29 is 13.2 Å². The van der Waals surface area contributed by atoms with E-state index in [0.717, 1.165) is 62.8 Å². The Balaban J connectivity index is 1.83. The molecule has 22 heavy (non-hydrogen) atoms. The van der Waals surface area contributed by atoms with Gasteiger partial charge in [0.2, 0.25) is 5.95 Å². The second kappa shape index (κ2) is 5.92.